The Morgan fingerprint density at radius 1 is 0.522 bits per heavy atom. The van der Waals surface area contributed by atoms with E-state index in [-0.39, 0.29) is 12.5 Å². The van der Waals surface area contributed by atoms with Gasteiger partial charge in [-0.25, -0.2) is 0 Å². The zero-order valence-corrected chi connectivity index (χ0v) is 45.5. The van der Waals surface area contributed by atoms with Crippen molar-refractivity contribution >= 4 is 13.7 Å². The number of nitrogens with zero attached hydrogens (tertiary/aromatic N) is 1. The lowest BCUT2D eigenvalue weighted by molar-refractivity contribution is -0.870. The highest BCUT2D eigenvalue weighted by molar-refractivity contribution is 7.45. The summed E-state index contributed by atoms with van der Waals surface area (Å²) >= 11 is 0. The molecule has 0 aliphatic carbocycles. The summed E-state index contributed by atoms with van der Waals surface area (Å²) in [6, 6.07) is -0.912. The number of allylic oxidation sites excluding steroid dienone is 9. The van der Waals surface area contributed by atoms with E-state index in [9.17, 15) is 19.4 Å². The number of hydrogen-bond acceptors (Lipinski definition) is 6. The monoisotopic (exact) mass is 961 g/mol. The number of aliphatic hydroxyl groups is 1. The highest BCUT2D eigenvalue weighted by atomic mass is 31.2. The standard InChI is InChI=1S/C58H109N2O6P/c1-6-8-10-12-14-16-18-20-22-24-26-28-29-30-31-32-34-36-38-40-42-44-46-48-50-52-58(62)59-56(55-66-67(63,64)65-54-53-60(3,4)5)57(61)51-49-47-45-43-41-39-37-35-33-27-25-23-21-19-17-15-13-11-9-7-2/h18,20,24,26,33,35,41,43,49,51,56-57,61H,6-17,19,21-23,25,27-32,34,36-40,42,44-48,50,52-55H2,1-5H3,(H-,59,62,63,64)/b20-18-,26-24-,35-33+,43-41+,51-49+. The summed E-state index contributed by atoms with van der Waals surface area (Å²) < 4.78 is 23.3. The number of phosphoric ester groups is 1. The van der Waals surface area contributed by atoms with Crippen LogP contribution in [0.5, 0.6) is 0 Å². The third-order valence-electron chi connectivity index (χ3n) is 12.4. The van der Waals surface area contributed by atoms with Crippen molar-refractivity contribution in [2.75, 3.05) is 40.9 Å². The fourth-order valence-electron chi connectivity index (χ4n) is 7.98. The molecule has 392 valence electrons. The molecule has 0 heterocycles. The average Bonchev–Trinajstić information content (AvgIpc) is 3.29. The number of phosphoric acid groups is 1. The Morgan fingerprint density at radius 3 is 1.30 bits per heavy atom. The summed E-state index contributed by atoms with van der Waals surface area (Å²) in [5.41, 5.74) is 0. The van der Waals surface area contributed by atoms with Crippen LogP contribution in [0.4, 0.5) is 0 Å². The second-order valence-electron chi connectivity index (χ2n) is 20.3. The third kappa shape index (κ3) is 51.9. The molecule has 0 aromatic carbocycles. The zero-order chi connectivity index (χ0) is 49.2. The van der Waals surface area contributed by atoms with Gasteiger partial charge in [0.2, 0.25) is 5.91 Å². The highest BCUT2D eigenvalue weighted by Gasteiger charge is 2.23. The van der Waals surface area contributed by atoms with E-state index in [0.29, 0.717) is 17.4 Å². The number of hydrogen-bond donors (Lipinski definition) is 2. The Hall–Kier alpha value is -1.80. The fourth-order valence-corrected chi connectivity index (χ4v) is 8.70. The SMILES string of the molecule is CCCCCCC/C=C\C/C=C\CCCCCCCCCCCCCCCC(=O)NC(COP(=O)([O-])OCC[N+](C)(C)C)C(O)/C=C/CC/C=C/CC/C=C/CCCCCCCCCCCC. The molecule has 0 spiro atoms. The third-order valence-corrected chi connectivity index (χ3v) is 13.4. The summed E-state index contributed by atoms with van der Waals surface area (Å²) in [5.74, 6) is -0.212. The minimum atomic E-state index is -4.61. The summed E-state index contributed by atoms with van der Waals surface area (Å²) in [6.07, 6.45) is 65.8. The van der Waals surface area contributed by atoms with Crippen LogP contribution >= 0.6 is 7.82 Å². The molecule has 8 nitrogen and oxygen atoms in total. The van der Waals surface area contributed by atoms with Crippen LogP contribution in [0.1, 0.15) is 251 Å². The number of rotatable bonds is 51. The molecule has 0 bridgehead atoms. The molecule has 0 saturated carbocycles. The molecule has 67 heavy (non-hydrogen) atoms. The number of carbonyl (C=O) groups is 1. The van der Waals surface area contributed by atoms with Gasteiger partial charge in [-0.3, -0.25) is 9.36 Å². The van der Waals surface area contributed by atoms with Gasteiger partial charge in [-0.1, -0.05) is 229 Å². The molecule has 0 aromatic rings. The maximum atomic E-state index is 13.0. The second-order valence-corrected chi connectivity index (χ2v) is 21.7. The van der Waals surface area contributed by atoms with Crippen LogP contribution in [0.15, 0.2) is 60.8 Å². The number of amides is 1. The van der Waals surface area contributed by atoms with Crippen molar-refractivity contribution < 1.29 is 32.9 Å². The van der Waals surface area contributed by atoms with Gasteiger partial charge in [-0.2, -0.15) is 0 Å². The normalized spacial score (nSPS) is 14.4. The number of carbonyl (C=O) groups excluding carboxylic acids is 1. The van der Waals surface area contributed by atoms with Gasteiger partial charge in [0.05, 0.1) is 39.9 Å². The molecule has 3 unspecified atom stereocenters. The number of aliphatic hydroxyl groups excluding tert-OH is 1. The Labute approximate surface area is 415 Å². The van der Waals surface area contributed by atoms with Crippen molar-refractivity contribution in [2.24, 2.45) is 0 Å². The lowest BCUT2D eigenvalue weighted by Crippen LogP contribution is -2.45. The van der Waals surface area contributed by atoms with E-state index in [1.807, 2.05) is 27.2 Å². The molecular formula is C58H109N2O6P. The molecule has 0 aliphatic heterocycles. The van der Waals surface area contributed by atoms with Crippen LogP contribution in [-0.4, -0.2) is 68.5 Å². The molecule has 2 N–H and O–H groups in total. The van der Waals surface area contributed by atoms with Gasteiger partial charge >= 0.3 is 0 Å². The lowest BCUT2D eigenvalue weighted by atomic mass is 10.0. The Bertz CT molecular complexity index is 1270. The van der Waals surface area contributed by atoms with Crippen LogP contribution in [0.3, 0.4) is 0 Å². The van der Waals surface area contributed by atoms with Crippen LogP contribution in [0.2, 0.25) is 0 Å². The van der Waals surface area contributed by atoms with Crippen molar-refractivity contribution in [3.63, 3.8) is 0 Å². The zero-order valence-electron chi connectivity index (χ0n) is 44.6. The predicted molar refractivity (Wildman–Crippen MR) is 288 cm³/mol. The van der Waals surface area contributed by atoms with E-state index in [2.05, 4.69) is 67.8 Å². The van der Waals surface area contributed by atoms with Crippen molar-refractivity contribution in [1.82, 2.24) is 5.32 Å². The van der Waals surface area contributed by atoms with Crippen LogP contribution < -0.4 is 10.2 Å². The summed E-state index contributed by atoms with van der Waals surface area (Å²) in [6.45, 7) is 4.62. The molecule has 0 radical (unpaired) electrons. The van der Waals surface area contributed by atoms with Crippen LogP contribution in [-0.2, 0) is 18.4 Å². The predicted octanol–water partition coefficient (Wildman–Crippen LogP) is 16.3. The molecule has 0 saturated heterocycles. The first kappa shape index (κ1) is 65.2. The summed E-state index contributed by atoms with van der Waals surface area (Å²) in [4.78, 5) is 25.5. The van der Waals surface area contributed by atoms with E-state index < -0.39 is 26.6 Å². The van der Waals surface area contributed by atoms with Gasteiger partial charge in [0.1, 0.15) is 13.2 Å². The Kier molecular flexibility index (Phi) is 47.9. The second kappa shape index (κ2) is 49.2. The molecule has 9 heteroatoms. The van der Waals surface area contributed by atoms with E-state index in [1.54, 1.807) is 6.08 Å². The smallest absolute Gasteiger partial charge is 0.268 e. The molecule has 0 fully saturated rings. The topological polar surface area (TPSA) is 108 Å². The quantitative estimate of drug-likeness (QED) is 0.0272. The highest BCUT2D eigenvalue weighted by Crippen LogP contribution is 2.38. The first-order chi connectivity index (χ1) is 32.5. The van der Waals surface area contributed by atoms with Gasteiger partial charge in [-0.05, 0) is 77.0 Å². The number of nitrogens with one attached hydrogen (secondary N) is 1. The van der Waals surface area contributed by atoms with Crippen molar-refractivity contribution in [2.45, 2.75) is 264 Å². The first-order valence-electron chi connectivity index (χ1n) is 28.2. The lowest BCUT2D eigenvalue weighted by Gasteiger charge is -2.29. The van der Waals surface area contributed by atoms with Gasteiger partial charge in [0.15, 0.2) is 0 Å². The fraction of sp³-hybridized carbons (Fsp3) is 0.810. The van der Waals surface area contributed by atoms with Crippen molar-refractivity contribution in [3.05, 3.63) is 60.8 Å². The van der Waals surface area contributed by atoms with E-state index in [1.165, 1.54) is 180 Å². The van der Waals surface area contributed by atoms with E-state index >= 15 is 0 Å². The molecule has 1 amide bonds. The number of quaternary nitrogens is 1. The van der Waals surface area contributed by atoms with Crippen LogP contribution in [0.25, 0.3) is 0 Å². The van der Waals surface area contributed by atoms with Crippen LogP contribution in [0, 0.1) is 0 Å². The van der Waals surface area contributed by atoms with Crippen molar-refractivity contribution in [3.8, 4) is 0 Å². The summed E-state index contributed by atoms with van der Waals surface area (Å²) in [7, 11) is 1.23. The first-order valence-corrected chi connectivity index (χ1v) is 29.6. The van der Waals surface area contributed by atoms with Gasteiger partial charge < -0.3 is 28.8 Å². The Morgan fingerprint density at radius 2 is 0.881 bits per heavy atom. The molecule has 0 aliphatic rings. The maximum Gasteiger partial charge on any atom is 0.268 e. The average molecular weight is 961 g/mol. The van der Waals surface area contributed by atoms with Gasteiger partial charge in [0.25, 0.3) is 7.82 Å². The molecular weight excluding hydrogens is 852 g/mol. The van der Waals surface area contributed by atoms with Crippen molar-refractivity contribution in [1.29, 1.82) is 0 Å². The molecule has 0 rings (SSSR count). The minimum absolute atomic E-state index is 0.0104. The summed E-state index contributed by atoms with van der Waals surface area (Å²) in [5, 5.41) is 13.8. The molecule has 3 atom stereocenters. The van der Waals surface area contributed by atoms with Gasteiger partial charge in [-0.15, -0.1) is 0 Å². The number of likely N-dealkylation sites (N-methyl/N-ethyl adjacent to an activating group) is 1. The van der Waals surface area contributed by atoms with E-state index in [4.69, 9.17) is 9.05 Å². The molecule has 0 aromatic heterocycles. The Balaban J connectivity index is 4.29. The minimum Gasteiger partial charge on any atom is -0.756 e. The van der Waals surface area contributed by atoms with Gasteiger partial charge in [0, 0.05) is 6.42 Å². The number of unbranched alkanes of at least 4 members (excludes halogenated alkanes) is 30. The largest absolute Gasteiger partial charge is 0.756 e. The van der Waals surface area contributed by atoms with E-state index in [0.717, 1.165) is 51.4 Å². The maximum absolute atomic E-state index is 13.0.